The Labute approximate surface area is 171 Å². The van der Waals surface area contributed by atoms with Gasteiger partial charge in [-0.3, -0.25) is 9.79 Å². The average molecular weight is 396 g/mol. The van der Waals surface area contributed by atoms with E-state index < -0.39 is 0 Å². The van der Waals surface area contributed by atoms with Gasteiger partial charge in [-0.1, -0.05) is 24.3 Å². The van der Waals surface area contributed by atoms with Crippen molar-refractivity contribution in [2.45, 2.75) is 58.3 Å². The van der Waals surface area contributed by atoms with E-state index in [0.29, 0.717) is 13.0 Å². The molecule has 2 aliphatic rings. The van der Waals surface area contributed by atoms with Crippen LogP contribution in [-0.4, -0.2) is 51.2 Å². The van der Waals surface area contributed by atoms with Crippen LogP contribution in [0.5, 0.6) is 0 Å². The van der Waals surface area contributed by atoms with Crippen molar-refractivity contribution in [1.82, 2.24) is 30.3 Å². The lowest BCUT2D eigenvalue weighted by molar-refractivity contribution is -0.131. The van der Waals surface area contributed by atoms with Gasteiger partial charge in [-0.15, -0.1) is 0 Å². The lowest BCUT2D eigenvalue weighted by Gasteiger charge is -2.25. The summed E-state index contributed by atoms with van der Waals surface area (Å²) in [6.45, 7) is 4.90. The van der Waals surface area contributed by atoms with Crippen LogP contribution in [0, 0.1) is 6.92 Å². The number of carbonyl (C=O) groups excluding carboxylic acids is 1. The highest BCUT2D eigenvalue weighted by Crippen LogP contribution is 2.22. The highest BCUT2D eigenvalue weighted by atomic mass is 16.2. The van der Waals surface area contributed by atoms with E-state index in [-0.39, 0.29) is 11.9 Å². The van der Waals surface area contributed by atoms with E-state index in [2.05, 4.69) is 37.8 Å². The van der Waals surface area contributed by atoms with Gasteiger partial charge in [0.15, 0.2) is 5.96 Å². The number of nitrogens with zero attached hydrogens (tertiary/aromatic N) is 5. The van der Waals surface area contributed by atoms with E-state index >= 15 is 0 Å². The largest absolute Gasteiger partial charge is 0.356 e. The van der Waals surface area contributed by atoms with Crippen molar-refractivity contribution >= 4 is 11.9 Å². The van der Waals surface area contributed by atoms with Crippen LogP contribution in [0.25, 0.3) is 0 Å². The SMILES string of the molecule is CN=C(NCCCC(=O)N1Cc2ccccc2C1)NC1CCc2nc(C)nn2C1. The Morgan fingerprint density at radius 2 is 2.03 bits per heavy atom. The number of carbonyl (C=O) groups is 1. The second kappa shape index (κ2) is 8.63. The van der Waals surface area contributed by atoms with Crippen LogP contribution in [0.3, 0.4) is 0 Å². The molecule has 2 aromatic rings. The number of fused-ring (bicyclic) bond motifs is 2. The van der Waals surface area contributed by atoms with Gasteiger partial charge in [-0.2, -0.15) is 5.10 Å². The second-order valence-electron chi connectivity index (χ2n) is 7.76. The van der Waals surface area contributed by atoms with Crippen molar-refractivity contribution in [3.8, 4) is 0 Å². The van der Waals surface area contributed by atoms with Crippen molar-refractivity contribution in [3.63, 3.8) is 0 Å². The number of hydrogen-bond donors (Lipinski definition) is 2. The maximum absolute atomic E-state index is 12.5. The quantitative estimate of drug-likeness (QED) is 0.454. The molecule has 1 unspecified atom stereocenters. The van der Waals surface area contributed by atoms with E-state index in [0.717, 1.165) is 56.5 Å². The van der Waals surface area contributed by atoms with Crippen LogP contribution in [0.4, 0.5) is 0 Å². The second-order valence-corrected chi connectivity index (χ2v) is 7.76. The van der Waals surface area contributed by atoms with Crippen molar-refractivity contribution in [2.24, 2.45) is 4.99 Å². The van der Waals surface area contributed by atoms with E-state index in [1.54, 1.807) is 7.05 Å². The Morgan fingerprint density at radius 3 is 2.76 bits per heavy atom. The molecular weight excluding hydrogens is 366 g/mol. The molecule has 0 bridgehead atoms. The average Bonchev–Trinajstić information content (AvgIpc) is 3.32. The fourth-order valence-electron chi connectivity index (χ4n) is 4.05. The summed E-state index contributed by atoms with van der Waals surface area (Å²) in [6, 6.07) is 8.56. The van der Waals surface area contributed by atoms with E-state index in [1.807, 2.05) is 28.6 Å². The summed E-state index contributed by atoms with van der Waals surface area (Å²) in [7, 11) is 1.77. The highest BCUT2D eigenvalue weighted by molar-refractivity contribution is 5.80. The smallest absolute Gasteiger partial charge is 0.223 e. The Morgan fingerprint density at radius 1 is 1.28 bits per heavy atom. The Balaban J connectivity index is 1.18. The minimum Gasteiger partial charge on any atom is -0.356 e. The zero-order valence-electron chi connectivity index (χ0n) is 17.2. The molecule has 1 amide bonds. The summed E-state index contributed by atoms with van der Waals surface area (Å²) in [6.07, 6.45) is 3.25. The van der Waals surface area contributed by atoms with Gasteiger partial charge < -0.3 is 15.5 Å². The molecule has 1 atom stereocenters. The van der Waals surface area contributed by atoms with Crippen LogP contribution in [0.1, 0.15) is 42.0 Å². The van der Waals surface area contributed by atoms with Crippen molar-refractivity contribution < 1.29 is 4.79 Å². The molecule has 8 nitrogen and oxygen atoms in total. The molecule has 0 radical (unpaired) electrons. The third kappa shape index (κ3) is 4.58. The maximum Gasteiger partial charge on any atom is 0.223 e. The number of amides is 1. The molecule has 2 aliphatic heterocycles. The summed E-state index contributed by atoms with van der Waals surface area (Å²) in [5.41, 5.74) is 2.53. The summed E-state index contributed by atoms with van der Waals surface area (Å²) in [4.78, 5) is 23.2. The molecule has 1 aromatic carbocycles. The summed E-state index contributed by atoms with van der Waals surface area (Å²) in [5, 5.41) is 11.2. The Hall–Kier alpha value is -2.90. The molecule has 0 fully saturated rings. The van der Waals surface area contributed by atoms with Crippen LogP contribution in [0.15, 0.2) is 29.3 Å². The van der Waals surface area contributed by atoms with Crippen LogP contribution < -0.4 is 10.6 Å². The minimum atomic E-state index is 0.215. The number of hydrogen-bond acceptors (Lipinski definition) is 4. The molecule has 4 rings (SSSR count). The number of nitrogens with one attached hydrogen (secondary N) is 2. The van der Waals surface area contributed by atoms with Crippen LogP contribution in [-0.2, 0) is 30.8 Å². The molecule has 0 spiro atoms. The normalized spacial score (nSPS) is 18.3. The molecule has 3 heterocycles. The molecule has 8 heteroatoms. The zero-order chi connectivity index (χ0) is 20.2. The Bertz CT molecular complexity index is 879. The number of aliphatic imine (C=N–C) groups is 1. The van der Waals surface area contributed by atoms with Crippen LogP contribution in [0.2, 0.25) is 0 Å². The molecule has 29 heavy (non-hydrogen) atoms. The molecular formula is C21H29N7O. The van der Waals surface area contributed by atoms with Gasteiger partial charge in [0.2, 0.25) is 5.91 Å². The first-order chi connectivity index (χ1) is 14.1. The fraction of sp³-hybridized carbons (Fsp3) is 0.524. The molecule has 1 aromatic heterocycles. The highest BCUT2D eigenvalue weighted by Gasteiger charge is 2.23. The first-order valence-electron chi connectivity index (χ1n) is 10.3. The van der Waals surface area contributed by atoms with Crippen molar-refractivity contribution in [3.05, 3.63) is 47.0 Å². The van der Waals surface area contributed by atoms with Gasteiger partial charge in [0.05, 0.1) is 6.54 Å². The van der Waals surface area contributed by atoms with E-state index in [9.17, 15) is 4.79 Å². The lowest BCUT2D eigenvalue weighted by atomic mass is 10.1. The van der Waals surface area contributed by atoms with Crippen LogP contribution >= 0.6 is 0 Å². The molecule has 0 aliphatic carbocycles. The predicted molar refractivity (Wildman–Crippen MR) is 111 cm³/mol. The van der Waals surface area contributed by atoms with E-state index in [1.165, 1.54) is 11.1 Å². The van der Waals surface area contributed by atoms with E-state index in [4.69, 9.17) is 0 Å². The first kappa shape index (κ1) is 19.4. The maximum atomic E-state index is 12.5. The monoisotopic (exact) mass is 395 g/mol. The lowest BCUT2D eigenvalue weighted by Crippen LogP contribution is -2.47. The minimum absolute atomic E-state index is 0.215. The number of guanidine groups is 1. The van der Waals surface area contributed by atoms with Gasteiger partial charge >= 0.3 is 0 Å². The van der Waals surface area contributed by atoms with Gasteiger partial charge in [0, 0.05) is 45.6 Å². The molecule has 154 valence electrons. The summed E-state index contributed by atoms with van der Waals surface area (Å²) >= 11 is 0. The Kier molecular flexibility index (Phi) is 5.78. The third-order valence-electron chi connectivity index (χ3n) is 5.58. The van der Waals surface area contributed by atoms with Gasteiger partial charge in [0.1, 0.15) is 11.6 Å². The predicted octanol–water partition coefficient (Wildman–Crippen LogP) is 1.39. The van der Waals surface area contributed by atoms with Gasteiger partial charge in [-0.05, 0) is 30.9 Å². The topological polar surface area (TPSA) is 87.4 Å². The number of benzene rings is 1. The third-order valence-corrected chi connectivity index (χ3v) is 5.58. The zero-order valence-corrected chi connectivity index (χ0v) is 17.2. The van der Waals surface area contributed by atoms with Crippen molar-refractivity contribution in [1.29, 1.82) is 0 Å². The summed E-state index contributed by atoms with van der Waals surface area (Å²) in [5.74, 6) is 2.88. The van der Waals surface area contributed by atoms with Gasteiger partial charge in [-0.25, -0.2) is 9.67 Å². The number of aromatic nitrogens is 3. The van der Waals surface area contributed by atoms with Crippen molar-refractivity contribution in [2.75, 3.05) is 13.6 Å². The molecule has 0 saturated heterocycles. The molecule has 2 N–H and O–H groups in total. The molecule has 0 saturated carbocycles. The van der Waals surface area contributed by atoms with Gasteiger partial charge in [0.25, 0.3) is 0 Å². The number of rotatable bonds is 5. The standard InChI is InChI=1S/C21H29N7O/c1-15-24-19-10-9-18(14-28(19)26-15)25-21(22-2)23-11-5-8-20(29)27-12-16-6-3-4-7-17(16)13-27/h3-4,6-7,18H,5,8-14H2,1-2H3,(H2,22,23,25). The number of aryl methyl sites for hydroxylation is 2. The summed E-state index contributed by atoms with van der Waals surface area (Å²) < 4.78 is 1.98. The fourth-order valence-corrected chi connectivity index (χ4v) is 4.05. The first-order valence-corrected chi connectivity index (χ1v) is 10.3.